The average Bonchev–Trinajstić information content (AvgIpc) is 3.26. The second-order valence-corrected chi connectivity index (χ2v) is 6.13. The Morgan fingerprint density at radius 3 is 2.38 bits per heavy atom. The Bertz CT molecular complexity index is 606. The van der Waals surface area contributed by atoms with Crippen LogP contribution in [0.5, 0.6) is 0 Å². The maximum absolute atomic E-state index is 4.67. The molecule has 3 nitrogen and oxygen atoms in total. The third kappa shape index (κ3) is 3.35. The molecule has 0 spiro atoms. The van der Waals surface area contributed by atoms with E-state index in [1.807, 2.05) is 0 Å². The average molecular weight is 283 g/mol. The molecule has 0 radical (unpaired) electrons. The van der Waals surface area contributed by atoms with E-state index >= 15 is 0 Å². The normalized spacial score (nSPS) is 14.6. The highest BCUT2D eigenvalue weighted by Crippen LogP contribution is 2.19. The van der Waals surface area contributed by atoms with Crippen LogP contribution in [0.25, 0.3) is 0 Å². The summed E-state index contributed by atoms with van der Waals surface area (Å²) in [5.74, 6) is 0. The van der Waals surface area contributed by atoms with E-state index < -0.39 is 0 Å². The van der Waals surface area contributed by atoms with E-state index in [1.165, 1.54) is 40.9 Å². The first kappa shape index (κ1) is 14.3. The largest absolute Gasteiger partial charge is 0.310 e. The Balaban J connectivity index is 1.66. The van der Waals surface area contributed by atoms with E-state index in [4.69, 9.17) is 0 Å². The maximum Gasteiger partial charge on any atom is 0.0662 e. The predicted octanol–water partition coefficient (Wildman–Crippen LogP) is 3.36. The zero-order valence-electron chi connectivity index (χ0n) is 13.3. The molecule has 1 fully saturated rings. The van der Waals surface area contributed by atoms with Gasteiger partial charge in [-0.25, -0.2) is 0 Å². The molecule has 3 rings (SSSR count). The summed E-state index contributed by atoms with van der Waals surface area (Å²) >= 11 is 0. The van der Waals surface area contributed by atoms with Gasteiger partial charge in [-0.15, -0.1) is 0 Å². The van der Waals surface area contributed by atoms with Crippen LogP contribution in [0.3, 0.4) is 0 Å². The smallest absolute Gasteiger partial charge is 0.0662 e. The number of nitrogens with zero attached hydrogens (tertiary/aromatic N) is 2. The van der Waals surface area contributed by atoms with Gasteiger partial charge in [-0.3, -0.25) is 4.68 Å². The molecule has 1 heterocycles. The van der Waals surface area contributed by atoms with Crippen molar-refractivity contribution in [2.24, 2.45) is 0 Å². The summed E-state index contributed by atoms with van der Waals surface area (Å²) in [5.41, 5.74) is 6.54. The molecular formula is C18H25N3. The maximum atomic E-state index is 4.67. The van der Waals surface area contributed by atoms with E-state index in [0.717, 1.165) is 25.6 Å². The summed E-state index contributed by atoms with van der Waals surface area (Å²) < 4.78 is 2.13. The number of nitrogens with one attached hydrogen (secondary N) is 1. The molecule has 3 heteroatoms. The fourth-order valence-electron chi connectivity index (χ4n) is 2.88. The minimum atomic E-state index is 0.770. The van der Waals surface area contributed by atoms with Crippen LogP contribution in [0.15, 0.2) is 24.3 Å². The molecular weight excluding hydrogens is 258 g/mol. The molecule has 2 aromatic rings. The highest BCUT2D eigenvalue weighted by atomic mass is 15.3. The van der Waals surface area contributed by atoms with Gasteiger partial charge in [-0.2, -0.15) is 5.10 Å². The van der Waals surface area contributed by atoms with Crippen molar-refractivity contribution in [3.8, 4) is 0 Å². The van der Waals surface area contributed by atoms with Gasteiger partial charge in [0.25, 0.3) is 0 Å². The zero-order chi connectivity index (χ0) is 14.8. The number of aryl methyl sites for hydroxylation is 1. The third-order valence-electron chi connectivity index (χ3n) is 4.41. The quantitative estimate of drug-likeness (QED) is 0.881. The first-order valence-corrected chi connectivity index (χ1v) is 8.01. The molecule has 1 aliphatic rings. The Hall–Kier alpha value is -1.61. The third-order valence-corrected chi connectivity index (χ3v) is 4.41. The summed E-state index contributed by atoms with van der Waals surface area (Å²) in [6, 6.07) is 9.69. The van der Waals surface area contributed by atoms with E-state index in [1.54, 1.807) is 0 Å². The topological polar surface area (TPSA) is 29.9 Å². The Morgan fingerprint density at radius 1 is 1.14 bits per heavy atom. The van der Waals surface area contributed by atoms with Crippen LogP contribution in [0, 0.1) is 13.8 Å². The number of hydrogen-bond acceptors (Lipinski definition) is 2. The highest BCUT2D eigenvalue weighted by Gasteiger charge is 2.19. The van der Waals surface area contributed by atoms with Crippen molar-refractivity contribution < 1.29 is 0 Å². The van der Waals surface area contributed by atoms with Crippen LogP contribution in [0.1, 0.15) is 47.8 Å². The van der Waals surface area contributed by atoms with Gasteiger partial charge in [0.15, 0.2) is 0 Å². The van der Waals surface area contributed by atoms with Gasteiger partial charge in [0.05, 0.1) is 12.2 Å². The molecule has 1 aliphatic carbocycles. The lowest BCUT2D eigenvalue weighted by Crippen LogP contribution is -2.15. The number of benzene rings is 1. The second kappa shape index (κ2) is 6.02. The fraction of sp³-hybridized carbons (Fsp3) is 0.500. The van der Waals surface area contributed by atoms with Gasteiger partial charge in [-0.1, -0.05) is 31.2 Å². The number of rotatable bonds is 6. The zero-order valence-corrected chi connectivity index (χ0v) is 13.3. The van der Waals surface area contributed by atoms with Gasteiger partial charge >= 0.3 is 0 Å². The standard InChI is InChI=1S/C18H25N3/c1-4-18-13(2)20-21(14(18)3)12-16-7-5-15(6-8-16)11-19-17-9-10-17/h5-8,17,19H,4,9-12H2,1-3H3. The molecule has 1 saturated carbocycles. The summed E-state index contributed by atoms with van der Waals surface area (Å²) in [4.78, 5) is 0. The van der Waals surface area contributed by atoms with Crippen molar-refractivity contribution in [1.29, 1.82) is 0 Å². The van der Waals surface area contributed by atoms with E-state index in [0.29, 0.717) is 0 Å². The predicted molar refractivity (Wildman–Crippen MR) is 86.5 cm³/mol. The molecule has 1 N–H and O–H groups in total. The number of aromatic nitrogens is 2. The van der Waals surface area contributed by atoms with Crippen LogP contribution in [-0.2, 0) is 19.5 Å². The molecule has 112 valence electrons. The lowest BCUT2D eigenvalue weighted by molar-refractivity contribution is 0.656. The van der Waals surface area contributed by atoms with Gasteiger partial charge in [-0.05, 0) is 49.8 Å². The summed E-state index contributed by atoms with van der Waals surface area (Å²) in [5, 5.41) is 8.22. The van der Waals surface area contributed by atoms with Crippen molar-refractivity contribution in [1.82, 2.24) is 15.1 Å². The van der Waals surface area contributed by atoms with Gasteiger partial charge in [0.2, 0.25) is 0 Å². The van der Waals surface area contributed by atoms with Crippen molar-refractivity contribution >= 4 is 0 Å². The van der Waals surface area contributed by atoms with E-state index in [-0.39, 0.29) is 0 Å². The van der Waals surface area contributed by atoms with E-state index in [2.05, 4.69) is 60.1 Å². The molecule has 0 aliphatic heterocycles. The molecule has 0 atom stereocenters. The summed E-state index contributed by atoms with van der Waals surface area (Å²) in [6.45, 7) is 8.33. The SMILES string of the molecule is CCc1c(C)nn(Cc2ccc(CNC3CC3)cc2)c1C. The van der Waals surface area contributed by atoms with Crippen molar-refractivity contribution in [2.75, 3.05) is 0 Å². The van der Waals surface area contributed by atoms with Crippen LogP contribution in [-0.4, -0.2) is 15.8 Å². The van der Waals surface area contributed by atoms with Crippen LogP contribution in [0.2, 0.25) is 0 Å². The van der Waals surface area contributed by atoms with Crippen molar-refractivity contribution in [3.63, 3.8) is 0 Å². The highest BCUT2D eigenvalue weighted by molar-refractivity contribution is 5.27. The molecule has 1 aromatic carbocycles. The lowest BCUT2D eigenvalue weighted by atomic mass is 10.1. The molecule has 0 saturated heterocycles. The first-order valence-electron chi connectivity index (χ1n) is 8.01. The minimum absolute atomic E-state index is 0.770. The fourth-order valence-corrected chi connectivity index (χ4v) is 2.88. The van der Waals surface area contributed by atoms with Gasteiger partial charge in [0.1, 0.15) is 0 Å². The Morgan fingerprint density at radius 2 is 1.81 bits per heavy atom. The van der Waals surface area contributed by atoms with Crippen molar-refractivity contribution in [2.45, 2.75) is 59.2 Å². The second-order valence-electron chi connectivity index (χ2n) is 6.13. The lowest BCUT2D eigenvalue weighted by Gasteiger charge is -2.07. The van der Waals surface area contributed by atoms with Crippen LogP contribution in [0.4, 0.5) is 0 Å². The molecule has 0 amide bonds. The Labute approximate surface area is 127 Å². The van der Waals surface area contributed by atoms with Crippen LogP contribution >= 0.6 is 0 Å². The molecule has 0 bridgehead atoms. The molecule has 21 heavy (non-hydrogen) atoms. The van der Waals surface area contributed by atoms with Crippen molar-refractivity contribution in [3.05, 3.63) is 52.3 Å². The first-order chi connectivity index (χ1) is 10.2. The number of hydrogen-bond donors (Lipinski definition) is 1. The van der Waals surface area contributed by atoms with E-state index in [9.17, 15) is 0 Å². The van der Waals surface area contributed by atoms with Gasteiger partial charge in [0, 0.05) is 18.3 Å². The Kier molecular flexibility index (Phi) is 4.11. The monoisotopic (exact) mass is 283 g/mol. The summed E-state index contributed by atoms with van der Waals surface area (Å²) in [7, 11) is 0. The molecule has 0 unspecified atom stereocenters. The summed E-state index contributed by atoms with van der Waals surface area (Å²) in [6.07, 6.45) is 3.75. The van der Waals surface area contributed by atoms with Gasteiger partial charge < -0.3 is 5.32 Å². The van der Waals surface area contributed by atoms with Crippen LogP contribution < -0.4 is 5.32 Å². The minimum Gasteiger partial charge on any atom is -0.310 e. The molecule has 1 aromatic heterocycles.